The van der Waals surface area contributed by atoms with E-state index in [0.717, 1.165) is 22.3 Å². The molecule has 0 saturated heterocycles. The topological polar surface area (TPSA) is 98.7 Å². The lowest BCUT2D eigenvalue weighted by atomic mass is 9.77. The number of amides is 2. The van der Waals surface area contributed by atoms with E-state index in [0.29, 0.717) is 11.5 Å². The van der Waals surface area contributed by atoms with Crippen molar-refractivity contribution >= 4 is 11.7 Å². The van der Waals surface area contributed by atoms with Crippen LogP contribution in [0.2, 0.25) is 0 Å². The fourth-order valence-corrected chi connectivity index (χ4v) is 4.38. The molecule has 3 N–H and O–H groups in total. The third-order valence-corrected chi connectivity index (χ3v) is 5.75. The molecule has 1 heterocycles. The maximum absolute atomic E-state index is 11.4. The van der Waals surface area contributed by atoms with Crippen molar-refractivity contribution in [3.8, 4) is 11.4 Å². The molecule has 0 fully saturated rings. The average Bonchev–Trinajstić information content (AvgIpc) is 3.37. The first-order valence-corrected chi connectivity index (χ1v) is 10.8. The van der Waals surface area contributed by atoms with Gasteiger partial charge < -0.3 is 11.1 Å². The van der Waals surface area contributed by atoms with Crippen LogP contribution in [0.15, 0.2) is 115 Å². The Hall–Kier alpha value is -4.78. The molecule has 0 radical (unpaired) electrons. The predicted molar refractivity (Wildman–Crippen MR) is 131 cm³/mol. The quantitative estimate of drug-likeness (QED) is 0.370. The molecule has 34 heavy (non-hydrogen) atoms. The molecule has 0 aliphatic heterocycles. The van der Waals surface area contributed by atoms with Gasteiger partial charge in [-0.2, -0.15) is 0 Å². The molecule has 1 aromatic heterocycles. The van der Waals surface area contributed by atoms with Gasteiger partial charge in [-0.3, -0.25) is 0 Å². The molecule has 7 heteroatoms. The Morgan fingerprint density at radius 1 is 0.735 bits per heavy atom. The Balaban J connectivity index is 1.83. The van der Waals surface area contributed by atoms with Crippen molar-refractivity contribution in [2.24, 2.45) is 5.73 Å². The number of aromatic nitrogens is 4. The first-order valence-electron chi connectivity index (χ1n) is 10.8. The van der Waals surface area contributed by atoms with Crippen LogP contribution < -0.4 is 11.1 Å². The Bertz CT molecular complexity index is 1300. The van der Waals surface area contributed by atoms with Gasteiger partial charge in [0.15, 0.2) is 5.82 Å². The Morgan fingerprint density at radius 3 is 1.76 bits per heavy atom. The van der Waals surface area contributed by atoms with Gasteiger partial charge in [-0.25, -0.2) is 9.48 Å². The molecule has 7 nitrogen and oxygen atoms in total. The van der Waals surface area contributed by atoms with Gasteiger partial charge in [-0.15, -0.1) is 5.10 Å². The van der Waals surface area contributed by atoms with Gasteiger partial charge in [0.05, 0.1) is 0 Å². The summed E-state index contributed by atoms with van der Waals surface area (Å²) >= 11 is 0. The van der Waals surface area contributed by atoms with Crippen molar-refractivity contribution in [1.82, 2.24) is 20.2 Å². The van der Waals surface area contributed by atoms with Crippen LogP contribution in [-0.4, -0.2) is 26.2 Å². The largest absolute Gasteiger partial charge is 0.351 e. The van der Waals surface area contributed by atoms with E-state index in [1.165, 1.54) is 0 Å². The van der Waals surface area contributed by atoms with Crippen LogP contribution in [0.4, 0.5) is 10.5 Å². The number of rotatable bonds is 6. The van der Waals surface area contributed by atoms with E-state index in [1.807, 2.05) is 71.4 Å². The van der Waals surface area contributed by atoms with E-state index in [4.69, 9.17) is 5.73 Å². The van der Waals surface area contributed by atoms with E-state index < -0.39 is 11.6 Å². The van der Waals surface area contributed by atoms with E-state index in [-0.39, 0.29) is 0 Å². The molecule has 0 aliphatic carbocycles. The fraction of sp³-hybridized carbons (Fsp3) is 0.0370. The first-order chi connectivity index (χ1) is 16.7. The number of hydrogen-bond donors (Lipinski definition) is 2. The van der Waals surface area contributed by atoms with E-state index >= 15 is 0 Å². The number of nitrogens with zero attached hydrogens (tertiary/aromatic N) is 4. The third kappa shape index (κ3) is 3.69. The van der Waals surface area contributed by atoms with Gasteiger partial charge in [-0.1, -0.05) is 103 Å². The molecular weight excluding hydrogens is 424 g/mol. The van der Waals surface area contributed by atoms with E-state index in [2.05, 4.69) is 57.2 Å². The van der Waals surface area contributed by atoms with Crippen LogP contribution in [0.1, 0.15) is 16.7 Å². The molecule has 0 spiro atoms. The number of nitrogens with one attached hydrogen (secondary N) is 1. The minimum absolute atomic E-state index is 0.546. The molecule has 166 valence electrons. The summed E-state index contributed by atoms with van der Waals surface area (Å²) in [4.78, 5) is 11.4. The van der Waals surface area contributed by atoms with Gasteiger partial charge in [-0.05, 0) is 39.2 Å². The highest BCUT2D eigenvalue weighted by molar-refractivity contribution is 5.88. The molecule has 2 amide bonds. The number of tetrazole rings is 1. The summed E-state index contributed by atoms with van der Waals surface area (Å²) in [5, 5.41) is 15.6. The fourth-order valence-electron chi connectivity index (χ4n) is 4.38. The standard InChI is InChI=1S/C27H22N6O/c28-26(34)29-24-18-10-11-20(19-24)25-30-31-32-33(25)27(21-12-4-1-5-13-21,22-14-6-2-7-15-22)23-16-8-3-9-17-23/h1-19H,(H3,28,29,34). The lowest BCUT2D eigenvalue weighted by Gasteiger charge is -2.36. The van der Waals surface area contributed by atoms with Crippen LogP contribution in [-0.2, 0) is 5.54 Å². The summed E-state index contributed by atoms with van der Waals surface area (Å²) in [7, 11) is 0. The van der Waals surface area contributed by atoms with E-state index in [1.54, 1.807) is 12.1 Å². The second-order valence-electron chi connectivity index (χ2n) is 7.79. The SMILES string of the molecule is NC(=O)Nc1cccc(-c2nnnn2C(c2ccccc2)(c2ccccc2)c2ccccc2)c1. The van der Waals surface area contributed by atoms with Crippen LogP contribution >= 0.6 is 0 Å². The molecule has 0 saturated carbocycles. The molecule has 0 aliphatic rings. The lowest BCUT2D eigenvalue weighted by molar-refractivity contribution is 0.259. The third-order valence-electron chi connectivity index (χ3n) is 5.75. The monoisotopic (exact) mass is 446 g/mol. The van der Waals surface area contributed by atoms with Gasteiger partial charge in [0, 0.05) is 11.3 Å². The molecule has 5 aromatic rings. The molecule has 4 aromatic carbocycles. The van der Waals surface area contributed by atoms with Crippen LogP contribution in [0.25, 0.3) is 11.4 Å². The second kappa shape index (κ2) is 8.99. The number of benzene rings is 4. The molecule has 0 bridgehead atoms. The zero-order valence-corrected chi connectivity index (χ0v) is 18.2. The Labute approximate surface area is 196 Å². The van der Waals surface area contributed by atoms with Crippen molar-refractivity contribution in [3.63, 3.8) is 0 Å². The summed E-state index contributed by atoms with van der Waals surface area (Å²) in [6.45, 7) is 0. The summed E-state index contributed by atoms with van der Waals surface area (Å²) in [5.74, 6) is 0.546. The number of primary amides is 1. The Morgan fingerprint density at radius 2 is 1.26 bits per heavy atom. The van der Waals surface area contributed by atoms with E-state index in [9.17, 15) is 4.79 Å². The normalized spacial score (nSPS) is 11.2. The molecule has 0 atom stereocenters. The minimum Gasteiger partial charge on any atom is -0.351 e. The van der Waals surface area contributed by atoms with Gasteiger partial charge in [0.25, 0.3) is 0 Å². The van der Waals surface area contributed by atoms with Crippen molar-refractivity contribution in [2.45, 2.75) is 5.54 Å². The first kappa shape index (κ1) is 21.1. The summed E-state index contributed by atoms with van der Waals surface area (Å²) in [6, 6.07) is 37.2. The number of urea groups is 1. The number of carbonyl (C=O) groups is 1. The molecular formula is C27H22N6O. The van der Waals surface area contributed by atoms with Crippen molar-refractivity contribution in [2.75, 3.05) is 5.32 Å². The number of nitrogens with two attached hydrogens (primary N) is 1. The van der Waals surface area contributed by atoms with Crippen LogP contribution in [0.3, 0.4) is 0 Å². The molecule has 0 unspecified atom stereocenters. The Kier molecular flexibility index (Phi) is 5.58. The van der Waals surface area contributed by atoms with Gasteiger partial charge in [0.2, 0.25) is 0 Å². The van der Waals surface area contributed by atoms with Gasteiger partial charge >= 0.3 is 6.03 Å². The average molecular weight is 447 g/mol. The zero-order valence-electron chi connectivity index (χ0n) is 18.2. The smallest absolute Gasteiger partial charge is 0.316 e. The summed E-state index contributed by atoms with van der Waals surface area (Å²) < 4.78 is 1.84. The lowest BCUT2D eigenvalue weighted by Crippen LogP contribution is -2.39. The van der Waals surface area contributed by atoms with Crippen LogP contribution in [0.5, 0.6) is 0 Å². The molecule has 5 rings (SSSR count). The maximum Gasteiger partial charge on any atom is 0.316 e. The summed E-state index contributed by atoms with van der Waals surface area (Å²) in [6.07, 6.45) is 0. The van der Waals surface area contributed by atoms with Crippen molar-refractivity contribution in [3.05, 3.63) is 132 Å². The highest BCUT2D eigenvalue weighted by Gasteiger charge is 2.41. The number of hydrogen-bond acceptors (Lipinski definition) is 4. The number of anilines is 1. The van der Waals surface area contributed by atoms with Crippen molar-refractivity contribution in [1.29, 1.82) is 0 Å². The highest BCUT2D eigenvalue weighted by Crippen LogP contribution is 2.42. The minimum atomic E-state index is -0.851. The summed E-state index contributed by atoms with van der Waals surface area (Å²) in [5.41, 5.74) is 8.79. The van der Waals surface area contributed by atoms with Crippen molar-refractivity contribution < 1.29 is 4.79 Å². The second-order valence-corrected chi connectivity index (χ2v) is 7.79. The number of carbonyl (C=O) groups excluding carboxylic acids is 1. The van der Waals surface area contributed by atoms with Crippen LogP contribution in [0, 0.1) is 0 Å². The zero-order chi connectivity index (χ0) is 23.4. The van der Waals surface area contributed by atoms with Gasteiger partial charge in [0.1, 0.15) is 5.54 Å². The highest BCUT2D eigenvalue weighted by atomic mass is 16.2. The predicted octanol–water partition coefficient (Wildman–Crippen LogP) is 4.67. The maximum atomic E-state index is 11.4.